The van der Waals surface area contributed by atoms with E-state index in [1.165, 1.54) is 31.4 Å². The van der Waals surface area contributed by atoms with Crippen LogP contribution in [0.2, 0.25) is 5.02 Å². The molecule has 21 heavy (non-hydrogen) atoms. The van der Waals surface area contributed by atoms with Gasteiger partial charge in [0.2, 0.25) is 0 Å². The molecule has 0 fully saturated rings. The number of carbonyl (C=O) groups excluding carboxylic acids is 2. The number of halogens is 2. The minimum absolute atomic E-state index is 0.0708. The molecule has 0 aliphatic carbocycles. The van der Waals surface area contributed by atoms with E-state index >= 15 is 0 Å². The van der Waals surface area contributed by atoms with Gasteiger partial charge in [0.15, 0.2) is 0 Å². The van der Waals surface area contributed by atoms with E-state index in [1.54, 1.807) is 0 Å². The Labute approximate surface area is 125 Å². The Balaban J connectivity index is 2.20. The number of pyridine rings is 1. The van der Waals surface area contributed by atoms with Crippen molar-refractivity contribution in [1.82, 2.24) is 10.3 Å². The Morgan fingerprint density at radius 1 is 1.14 bits per heavy atom. The predicted molar refractivity (Wildman–Crippen MR) is 77.0 cm³/mol. The van der Waals surface area contributed by atoms with Gasteiger partial charge in [-0.05, 0) is 24.3 Å². The first-order chi connectivity index (χ1) is 10.0. The van der Waals surface area contributed by atoms with Crippen molar-refractivity contribution < 1.29 is 14.0 Å². The van der Waals surface area contributed by atoms with Gasteiger partial charge in [-0.15, -0.1) is 0 Å². The number of rotatable bonds is 3. The zero-order chi connectivity index (χ0) is 15.4. The number of nitrogens with zero attached hydrogens (tertiary/aromatic N) is 1. The summed E-state index contributed by atoms with van der Waals surface area (Å²) in [5.74, 6) is -1.44. The number of hydrogen-bond acceptors (Lipinski definition) is 3. The highest BCUT2D eigenvalue weighted by atomic mass is 35.5. The van der Waals surface area contributed by atoms with Crippen molar-refractivity contribution in [2.75, 3.05) is 12.4 Å². The van der Waals surface area contributed by atoms with E-state index in [4.69, 9.17) is 11.6 Å². The first-order valence-electron chi connectivity index (χ1n) is 5.95. The standard InChI is InChI=1S/C14H11ClFN3O2/c1-17-13(20)8-2-3-12(11(15)5-8)19-14(21)9-4-10(16)7-18-6-9/h2-7H,1H3,(H,17,20)(H,19,21). The highest BCUT2D eigenvalue weighted by molar-refractivity contribution is 6.34. The van der Waals surface area contributed by atoms with E-state index in [0.717, 1.165) is 12.3 Å². The zero-order valence-electron chi connectivity index (χ0n) is 11.0. The summed E-state index contributed by atoms with van der Waals surface area (Å²) in [5, 5.41) is 5.20. The Morgan fingerprint density at radius 3 is 2.52 bits per heavy atom. The molecule has 0 bridgehead atoms. The van der Waals surface area contributed by atoms with Gasteiger partial charge >= 0.3 is 0 Å². The van der Waals surface area contributed by atoms with Crippen molar-refractivity contribution in [3.63, 3.8) is 0 Å². The van der Waals surface area contributed by atoms with Crippen LogP contribution >= 0.6 is 11.6 Å². The number of benzene rings is 1. The number of anilines is 1. The van der Waals surface area contributed by atoms with Gasteiger partial charge in [-0.1, -0.05) is 11.6 Å². The second-order valence-electron chi connectivity index (χ2n) is 4.12. The molecule has 2 aromatic rings. The molecular weight excluding hydrogens is 297 g/mol. The van der Waals surface area contributed by atoms with Crippen LogP contribution in [0, 0.1) is 5.82 Å². The van der Waals surface area contributed by atoms with Crippen LogP contribution in [0.3, 0.4) is 0 Å². The van der Waals surface area contributed by atoms with Gasteiger partial charge in [0.05, 0.1) is 22.5 Å². The molecule has 0 unspecified atom stereocenters. The van der Waals surface area contributed by atoms with Crippen molar-refractivity contribution in [2.45, 2.75) is 0 Å². The number of hydrogen-bond donors (Lipinski definition) is 2. The number of nitrogens with one attached hydrogen (secondary N) is 2. The first kappa shape index (κ1) is 14.9. The van der Waals surface area contributed by atoms with E-state index in [2.05, 4.69) is 15.6 Å². The summed E-state index contributed by atoms with van der Waals surface area (Å²) in [5.41, 5.74) is 0.757. The van der Waals surface area contributed by atoms with Crippen molar-refractivity contribution in [2.24, 2.45) is 0 Å². The van der Waals surface area contributed by atoms with E-state index in [1.807, 2.05) is 0 Å². The van der Waals surface area contributed by atoms with Crippen molar-refractivity contribution in [3.8, 4) is 0 Å². The zero-order valence-corrected chi connectivity index (χ0v) is 11.7. The smallest absolute Gasteiger partial charge is 0.257 e. The maximum atomic E-state index is 13.0. The Bertz CT molecular complexity index is 706. The minimum Gasteiger partial charge on any atom is -0.355 e. The van der Waals surface area contributed by atoms with E-state index < -0.39 is 11.7 Å². The van der Waals surface area contributed by atoms with Crippen LogP contribution in [0.15, 0.2) is 36.7 Å². The molecular formula is C14H11ClFN3O2. The third-order valence-corrected chi connectivity index (χ3v) is 2.99. The molecule has 1 heterocycles. The number of carbonyl (C=O) groups is 2. The van der Waals surface area contributed by atoms with Crippen LogP contribution in [0.25, 0.3) is 0 Å². The maximum Gasteiger partial charge on any atom is 0.257 e. The fourth-order valence-corrected chi connectivity index (χ4v) is 1.86. The Hall–Kier alpha value is -2.47. The lowest BCUT2D eigenvalue weighted by Gasteiger charge is -2.08. The second-order valence-corrected chi connectivity index (χ2v) is 4.53. The SMILES string of the molecule is CNC(=O)c1ccc(NC(=O)c2cncc(F)c2)c(Cl)c1. The van der Waals surface area contributed by atoms with Crippen LogP contribution in [-0.4, -0.2) is 23.8 Å². The first-order valence-corrected chi connectivity index (χ1v) is 6.32. The number of amides is 2. The lowest BCUT2D eigenvalue weighted by molar-refractivity contribution is 0.0962. The van der Waals surface area contributed by atoms with Gasteiger partial charge in [-0.2, -0.15) is 0 Å². The van der Waals surface area contributed by atoms with Crippen molar-refractivity contribution in [3.05, 3.63) is 58.6 Å². The quantitative estimate of drug-likeness (QED) is 0.915. The summed E-state index contributed by atoms with van der Waals surface area (Å²) < 4.78 is 13.0. The Kier molecular flexibility index (Phi) is 4.49. The molecule has 0 radical (unpaired) electrons. The van der Waals surface area contributed by atoms with Gasteiger partial charge in [-0.25, -0.2) is 4.39 Å². The molecule has 0 saturated carbocycles. The van der Waals surface area contributed by atoms with Gasteiger partial charge in [0.25, 0.3) is 11.8 Å². The molecule has 0 atom stereocenters. The summed E-state index contributed by atoms with van der Waals surface area (Å²) in [7, 11) is 1.50. The highest BCUT2D eigenvalue weighted by Gasteiger charge is 2.12. The minimum atomic E-state index is -0.608. The molecule has 7 heteroatoms. The van der Waals surface area contributed by atoms with Gasteiger partial charge in [0, 0.05) is 18.8 Å². The molecule has 1 aromatic carbocycles. The molecule has 2 amide bonds. The summed E-state index contributed by atoms with van der Waals surface area (Å²) in [6.07, 6.45) is 2.24. The average molecular weight is 308 g/mol. The summed E-state index contributed by atoms with van der Waals surface area (Å²) in [6, 6.07) is 5.51. The van der Waals surface area contributed by atoms with Crippen molar-refractivity contribution >= 4 is 29.1 Å². The highest BCUT2D eigenvalue weighted by Crippen LogP contribution is 2.23. The maximum absolute atomic E-state index is 13.0. The van der Waals surface area contributed by atoms with Crippen LogP contribution in [0.1, 0.15) is 20.7 Å². The molecule has 5 nitrogen and oxygen atoms in total. The van der Waals surface area contributed by atoms with Gasteiger partial charge in [-0.3, -0.25) is 14.6 Å². The topological polar surface area (TPSA) is 71.1 Å². The molecule has 1 aromatic heterocycles. The fraction of sp³-hybridized carbons (Fsp3) is 0.0714. The Morgan fingerprint density at radius 2 is 1.90 bits per heavy atom. The van der Waals surface area contributed by atoms with E-state index in [-0.39, 0.29) is 16.5 Å². The lowest BCUT2D eigenvalue weighted by Crippen LogP contribution is -2.18. The van der Waals surface area contributed by atoms with Crippen LogP contribution in [0.5, 0.6) is 0 Å². The largest absolute Gasteiger partial charge is 0.355 e. The predicted octanol–water partition coefficient (Wildman–Crippen LogP) is 2.49. The number of aromatic nitrogens is 1. The summed E-state index contributed by atoms with van der Waals surface area (Å²) in [4.78, 5) is 27.0. The molecule has 0 aliphatic heterocycles. The normalized spacial score (nSPS) is 10.0. The van der Waals surface area contributed by atoms with Crippen LogP contribution < -0.4 is 10.6 Å². The second kappa shape index (κ2) is 6.32. The van der Waals surface area contributed by atoms with Gasteiger partial charge in [0.1, 0.15) is 5.82 Å². The lowest BCUT2D eigenvalue weighted by atomic mass is 10.2. The fourth-order valence-electron chi connectivity index (χ4n) is 1.63. The molecule has 0 spiro atoms. The monoisotopic (exact) mass is 307 g/mol. The summed E-state index contributed by atoms with van der Waals surface area (Å²) in [6.45, 7) is 0. The third kappa shape index (κ3) is 3.55. The molecule has 0 aliphatic rings. The van der Waals surface area contributed by atoms with Crippen LogP contribution in [0.4, 0.5) is 10.1 Å². The van der Waals surface area contributed by atoms with E-state index in [0.29, 0.717) is 11.3 Å². The third-order valence-electron chi connectivity index (χ3n) is 2.67. The summed E-state index contributed by atoms with van der Waals surface area (Å²) >= 11 is 6.01. The van der Waals surface area contributed by atoms with Crippen molar-refractivity contribution in [1.29, 1.82) is 0 Å². The van der Waals surface area contributed by atoms with Crippen LogP contribution in [-0.2, 0) is 0 Å². The molecule has 2 rings (SSSR count). The molecule has 108 valence electrons. The van der Waals surface area contributed by atoms with Gasteiger partial charge < -0.3 is 10.6 Å². The average Bonchev–Trinajstić information content (AvgIpc) is 2.48. The molecule has 2 N–H and O–H groups in total. The van der Waals surface area contributed by atoms with E-state index in [9.17, 15) is 14.0 Å². The molecule has 0 saturated heterocycles.